The predicted octanol–water partition coefficient (Wildman–Crippen LogP) is 2.91. The monoisotopic (exact) mass is 261 g/mol. The fourth-order valence-electron chi connectivity index (χ4n) is 1.66. The Labute approximate surface area is 111 Å². The Balaban J connectivity index is 1.92. The minimum absolute atomic E-state index is 0.271. The Morgan fingerprint density at radius 2 is 1.58 bits per heavy atom. The number of hydrogen-bond donors (Lipinski definition) is 1. The average Bonchev–Trinajstić information content (AvgIpc) is 2.46. The van der Waals surface area contributed by atoms with Crippen LogP contribution in [0.25, 0.3) is 0 Å². The molecule has 1 unspecified atom stereocenters. The number of nitrogens with two attached hydrogens (primary N) is 1. The zero-order valence-electron chi connectivity index (χ0n) is 10.7. The lowest BCUT2D eigenvalue weighted by molar-refractivity contribution is 0.290. The molecule has 4 heteroatoms. The summed E-state index contributed by atoms with van der Waals surface area (Å²) in [7, 11) is 1.61. The lowest BCUT2D eigenvalue weighted by atomic mass is 10.1. The topological polar surface area (TPSA) is 44.5 Å². The van der Waals surface area contributed by atoms with E-state index < -0.39 is 0 Å². The van der Waals surface area contributed by atoms with E-state index >= 15 is 0 Å². The lowest BCUT2D eigenvalue weighted by Crippen LogP contribution is -2.18. The number of benzene rings is 2. The third-order valence-corrected chi connectivity index (χ3v) is 2.79. The van der Waals surface area contributed by atoms with Gasteiger partial charge in [-0.1, -0.05) is 12.1 Å². The number of ether oxygens (including phenoxy) is 2. The van der Waals surface area contributed by atoms with E-state index in [4.69, 9.17) is 15.2 Å². The molecule has 2 N–H and O–H groups in total. The molecule has 3 nitrogen and oxygen atoms in total. The molecule has 2 aromatic carbocycles. The summed E-state index contributed by atoms with van der Waals surface area (Å²) in [5.74, 6) is 1.22. The number of rotatable bonds is 5. The molecule has 0 aliphatic heterocycles. The fourth-order valence-corrected chi connectivity index (χ4v) is 1.66. The van der Waals surface area contributed by atoms with Crippen LogP contribution >= 0.6 is 0 Å². The Morgan fingerprint density at radius 1 is 1.00 bits per heavy atom. The predicted molar refractivity (Wildman–Crippen MR) is 71.8 cm³/mol. The van der Waals surface area contributed by atoms with E-state index in [0.29, 0.717) is 6.61 Å². The SMILES string of the molecule is COc1ccc(OCC(N)c2ccc(F)cc2)cc1. The summed E-state index contributed by atoms with van der Waals surface area (Å²) in [4.78, 5) is 0. The molecule has 2 rings (SSSR count). The molecule has 0 saturated heterocycles. The minimum atomic E-state index is -0.289. The summed E-state index contributed by atoms with van der Waals surface area (Å²) in [5, 5.41) is 0. The van der Waals surface area contributed by atoms with Gasteiger partial charge in [-0.2, -0.15) is 0 Å². The maximum absolute atomic E-state index is 12.8. The van der Waals surface area contributed by atoms with Crippen molar-refractivity contribution in [3.8, 4) is 11.5 Å². The first-order valence-corrected chi connectivity index (χ1v) is 5.97. The first kappa shape index (κ1) is 13.4. The highest BCUT2D eigenvalue weighted by atomic mass is 19.1. The molecule has 0 spiro atoms. The highest BCUT2D eigenvalue weighted by molar-refractivity contribution is 5.31. The highest BCUT2D eigenvalue weighted by Crippen LogP contribution is 2.19. The van der Waals surface area contributed by atoms with Gasteiger partial charge in [0.25, 0.3) is 0 Å². The van der Waals surface area contributed by atoms with Crippen LogP contribution in [0.1, 0.15) is 11.6 Å². The molecule has 0 radical (unpaired) electrons. The summed E-state index contributed by atoms with van der Waals surface area (Å²) in [6, 6.07) is 13.1. The minimum Gasteiger partial charge on any atom is -0.497 e. The van der Waals surface area contributed by atoms with Crippen molar-refractivity contribution in [2.75, 3.05) is 13.7 Å². The third kappa shape index (κ3) is 3.69. The van der Waals surface area contributed by atoms with Crippen molar-refractivity contribution in [3.63, 3.8) is 0 Å². The number of hydrogen-bond acceptors (Lipinski definition) is 3. The molecule has 0 saturated carbocycles. The van der Waals surface area contributed by atoms with Crippen molar-refractivity contribution < 1.29 is 13.9 Å². The number of methoxy groups -OCH3 is 1. The van der Waals surface area contributed by atoms with Crippen molar-refractivity contribution in [3.05, 3.63) is 59.9 Å². The standard InChI is InChI=1S/C15H16FNO2/c1-18-13-6-8-14(9-7-13)19-10-15(17)11-2-4-12(16)5-3-11/h2-9,15H,10,17H2,1H3. The Hall–Kier alpha value is -2.07. The van der Waals surface area contributed by atoms with Crippen molar-refractivity contribution in [1.29, 1.82) is 0 Å². The van der Waals surface area contributed by atoms with Crippen LogP contribution in [0.15, 0.2) is 48.5 Å². The van der Waals surface area contributed by atoms with Crippen LogP contribution in [-0.2, 0) is 0 Å². The third-order valence-electron chi connectivity index (χ3n) is 2.79. The first-order valence-electron chi connectivity index (χ1n) is 5.97. The average molecular weight is 261 g/mol. The van der Waals surface area contributed by atoms with Gasteiger partial charge in [0.2, 0.25) is 0 Å². The summed E-state index contributed by atoms with van der Waals surface area (Å²) in [6.07, 6.45) is 0. The van der Waals surface area contributed by atoms with Crippen LogP contribution in [0.2, 0.25) is 0 Å². The molecule has 0 aromatic heterocycles. The molecule has 19 heavy (non-hydrogen) atoms. The van der Waals surface area contributed by atoms with Gasteiger partial charge in [-0.3, -0.25) is 0 Å². The second-order valence-electron chi connectivity index (χ2n) is 4.14. The van der Waals surface area contributed by atoms with Gasteiger partial charge in [0, 0.05) is 0 Å². The fraction of sp³-hybridized carbons (Fsp3) is 0.200. The van der Waals surface area contributed by atoms with E-state index in [9.17, 15) is 4.39 Å². The molecule has 0 fully saturated rings. The van der Waals surface area contributed by atoms with Crippen LogP contribution < -0.4 is 15.2 Å². The molecule has 0 amide bonds. The van der Waals surface area contributed by atoms with E-state index in [1.54, 1.807) is 19.2 Å². The van der Waals surface area contributed by atoms with Crippen LogP contribution in [0.4, 0.5) is 4.39 Å². The van der Waals surface area contributed by atoms with Crippen LogP contribution in [-0.4, -0.2) is 13.7 Å². The van der Waals surface area contributed by atoms with Crippen LogP contribution in [0.5, 0.6) is 11.5 Å². The first-order chi connectivity index (χ1) is 9.19. The van der Waals surface area contributed by atoms with Crippen molar-refractivity contribution in [2.24, 2.45) is 5.73 Å². The summed E-state index contributed by atoms with van der Waals surface area (Å²) in [5.41, 5.74) is 6.82. The molecule has 100 valence electrons. The largest absolute Gasteiger partial charge is 0.497 e. The van der Waals surface area contributed by atoms with Crippen molar-refractivity contribution in [1.82, 2.24) is 0 Å². The van der Waals surface area contributed by atoms with Gasteiger partial charge < -0.3 is 15.2 Å². The van der Waals surface area contributed by atoms with Gasteiger partial charge in [-0.15, -0.1) is 0 Å². The normalized spacial score (nSPS) is 11.9. The maximum Gasteiger partial charge on any atom is 0.123 e. The van der Waals surface area contributed by atoms with E-state index in [1.165, 1.54) is 12.1 Å². The van der Waals surface area contributed by atoms with E-state index in [0.717, 1.165) is 17.1 Å². The van der Waals surface area contributed by atoms with Crippen LogP contribution in [0, 0.1) is 5.82 Å². The maximum atomic E-state index is 12.8. The quantitative estimate of drug-likeness (QED) is 0.900. The molecule has 0 aliphatic carbocycles. The van der Waals surface area contributed by atoms with Crippen LogP contribution in [0.3, 0.4) is 0 Å². The molecule has 2 aromatic rings. The van der Waals surface area contributed by atoms with Gasteiger partial charge in [0.15, 0.2) is 0 Å². The van der Waals surface area contributed by atoms with Crippen molar-refractivity contribution >= 4 is 0 Å². The lowest BCUT2D eigenvalue weighted by Gasteiger charge is -2.13. The highest BCUT2D eigenvalue weighted by Gasteiger charge is 2.07. The van der Waals surface area contributed by atoms with Gasteiger partial charge in [0.05, 0.1) is 13.2 Å². The molecule has 0 bridgehead atoms. The zero-order chi connectivity index (χ0) is 13.7. The van der Waals surface area contributed by atoms with E-state index in [2.05, 4.69) is 0 Å². The van der Waals surface area contributed by atoms with E-state index in [-0.39, 0.29) is 11.9 Å². The van der Waals surface area contributed by atoms with Gasteiger partial charge in [0.1, 0.15) is 23.9 Å². The van der Waals surface area contributed by atoms with E-state index in [1.807, 2.05) is 24.3 Å². The second kappa shape index (κ2) is 6.20. The van der Waals surface area contributed by atoms with Gasteiger partial charge in [-0.25, -0.2) is 4.39 Å². The molecular formula is C15H16FNO2. The summed E-state index contributed by atoms with van der Waals surface area (Å²) < 4.78 is 23.4. The van der Waals surface area contributed by atoms with Crippen molar-refractivity contribution in [2.45, 2.75) is 6.04 Å². The second-order valence-corrected chi connectivity index (χ2v) is 4.14. The summed E-state index contributed by atoms with van der Waals surface area (Å²) >= 11 is 0. The Bertz CT molecular complexity index is 511. The molecule has 0 aliphatic rings. The smallest absolute Gasteiger partial charge is 0.123 e. The van der Waals surface area contributed by atoms with Gasteiger partial charge >= 0.3 is 0 Å². The Morgan fingerprint density at radius 3 is 2.16 bits per heavy atom. The molecule has 1 atom stereocenters. The molecular weight excluding hydrogens is 245 g/mol. The Kier molecular flexibility index (Phi) is 4.36. The summed E-state index contributed by atoms with van der Waals surface area (Å²) in [6.45, 7) is 0.331. The van der Waals surface area contributed by atoms with Gasteiger partial charge in [-0.05, 0) is 42.0 Å². The molecule has 0 heterocycles. The number of halogens is 1. The zero-order valence-corrected chi connectivity index (χ0v) is 10.7.